The number of hydrogen-bond acceptors (Lipinski definition) is 6. The molecule has 1 fully saturated rings. The molecule has 2 N–H and O–H groups in total. The topological polar surface area (TPSA) is 98.8 Å². The van der Waals surface area contributed by atoms with Gasteiger partial charge in [0.15, 0.2) is 0 Å². The zero-order valence-corrected chi connectivity index (χ0v) is 17.1. The van der Waals surface area contributed by atoms with Crippen molar-refractivity contribution in [3.05, 3.63) is 16.5 Å². The average Bonchev–Trinajstić information content (AvgIpc) is 3.00. The molecule has 0 atom stereocenters. The predicted molar refractivity (Wildman–Crippen MR) is 101 cm³/mol. The Bertz CT molecular complexity index is 743. The summed E-state index contributed by atoms with van der Waals surface area (Å²) in [5, 5.41) is 5.26. The van der Waals surface area contributed by atoms with Gasteiger partial charge in [-0.25, -0.2) is 8.42 Å². The number of halogens is 1. The molecular weight excluding hydrogens is 400 g/mol. The molecule has 146 valence electrons. The van der Waals surface area contributed by atoms with E-state index >= 15 is 0 Å². The zero-order valence-electron chi connectivity index (χ0n) is 14.7. The molecule has 0 unspecified atom stereocenters. The maximum absolute atomic E-state index is 12.5. The predicted octanol–water partition coefficient (Wildman–Crippen LogP) is 0.349. The number of nitrogens with one attached hydrogen (secondary N) is 2. The third kappa shape index (κ3) is 5.92. The molecule has 1 aliphatic heterocycles. The van der Waals surface area contributed by atoms with Gasteiger partial charge in [-0.05, 0) is 26.0 Å². The minimum atomic E-state index is -3.54. The normalized spacial score (nSPS) is 16.6. The van der Waals surface area contributed by atoms with Crippen molar-refractivity contribution >= 4 is 44.8 Å². The first kappa shape index (κ1) is 21.1. The average molecular weight is 423 g/mol. The first-order valence-corrected chi connectivity index (χ1v) is 10.9. The second-order valence-electron chi connectivity index (χ2n) is 6.24. The number of sulfonamides is 1. The van der Waals surface area contributed by atoms with Crippen molar-refractivity contribution in [3.8, 4) is 0 Å². The fourth-order valence-electron chi connectivity index (χ4n) is 2.50. The summed E-state index contributed by atoms with van der Waals surface area (Å²) in [5.74, 6) is -0.496. The van der Waals surface area contributed by atoms with E-state index in [1.54, 1.807) is 6.07 Å². The van der Waals surface area contributed by atoms with Crippen LogP contribution in [0.15, 0.2) is 16.3 Å². The Morgan fingerprint density at radius 2 is 1.85 bits per heavy atom. The number of nitrogens with zero attached hydrogens (tertiary/aromatic N) is 2. The van der Waals surface area contributed by atoms with Gasteiger partial charge in [-0.3, -0.25) is 14.5 Å². The standard InChI is InChI=1S/C15H23ClN4O4S2/c1-11(2)18-13(21)9-17-14(22)10-19-5-7-20(8-6-19)26(23,24)15-4-3-12(16)25-15/h3-4,11H,5-10H2,1-2H3,(H,17,22)(H,18,21). The Hall–Kier alpha value is -1.20. The SMILES string of the molecule is CC(C)NC(=O)CNC(=O)CN1CCN(S(=O)(=O)c2ccc(Cl)s2)CC1. The fraction of sp³-hybridized carbons (Fsp3) is 0.600. The number of rotatable bonds is 7. The summed E-state index contributed by atoms with van der Waals surface area (Å²) in [6, 6.07) is 3.09. The number of carbonyl (C=O) groups excluding carboxylic acids is 2. The van der Waals surface area contributed by atoms with Crippen molar-refractivity contribution in [2.75, 3.05) is 39.3 Å². The second kappa shape index (κ2) is 9.14. The molecule has 0 bridgehead atoms. The number of hydrogen-bond donors (Lipinski definition) is 2. The van der Waals surface area contributed by atoms with Gasteiger partial charge in [0.05, 0.1) is 17.4 Å². The van der Waals surface area contributed by atoms with Crippen LogP contribution in [-0.2, 0) is 19.6 Å². The van der Waals surface area contributed by atoms with Gasteiger partial charge in [0.2, 0.25) is 11.8 Å². The van der Waals surface area contributed by atoms with E-state index in [0.717, 1.165) is 11.3 Å². The molecule has 1 saturated heterocycles. The van der Waals surface area contributed by atoms with Crippen LogP contribution in [0, 0.1) is 0 Å². The summed E-state index contributed by atoms with van der Waals surface area (Å²) in [6.07, 6.45) is 0. The Morgan fingerprint density at radius 3 is 2.38 bits per heavy atom. The molecule has 0 saturated carbocycles. The van der Waals surface area contributed by atoms with E-state index < -0.39 is 10.0 Å². The lowest BCUT2D eigenvalue weighted by atomic mass is 10.3. The summed E-state index contributed by atoms with van der Waals surface area (Å²) in [7, 11) is -3.54. The van der Waals surface area contributed by atoms with E-state index in [4.69, 9.17) is 11.6 Å². The van der Waals surface area contributed by atoms with Crippen LogP contribution < -0.4 is 10.6 Å². The molecule has 2 rings (SSSR count). The van der Waals surface area contributed by atoms with Gasteiger partial charge in [0.1, 0.15) is 4.21 Å². The Balaban J connectivity index is 1.78. The van der Waals surface area contributed by atoms with Gasteiger partial charge in [-0.2, -0.15) is 4.31 Å². The van der Waals surface area contributed by atoms with Crippen molar-refractivity contribution in [2.45, 2.75) is 24.1 Å². The molecule has 2 amide bonds. The highest BCUT2D eigenvalue weighted by molar-refractivity contribution is 7.91. The summed E-state index contributed by atoms with van der Waals surface area (Å²) >= 11 is 6.85. The van der Waals surface area contributed by atoms with E-state index in [9.17, 15) is 18.0 Å². The molecule has 1 aromatic rings. The first-order valence-electron chi connectivity index (χ1n) is 8.22. The maximum Gasteiger partial charge on any atom is 0.252 e. The number of amides is 2. The number of carbonyl (C=O) groups is 2. The van der Waals surface area contributed by atoms with Crippen LogP contribution in [0.2, 0.25) is 4.34 Å². The smallest absolute Gasteiger partial charge is 0.252 e. The van der Waals surface area contributed by atoms with E-state index in [0.29, 0.717) is 30.5 Å². The molecule has 1 aliphatic rings. The van der Waals surface area contributed by atoms with Crippen LogP contribution in [0.5, 0.6) is 0 Å². The van der Waals surface area contributed by atoms with Gasteiger partial charge >= 0.3 is 0 Å². The Labute approximate surface area is 162 Å². The second-order valence-corrected chi connectivity index (χ2v) is 10.1. The minimum absolute atomic E-state index is 0.0210. The summed E-state index contributed by atoms with van der Waals surface area (Å²) in [4.78, 5) is 25.3. The molecule has 0 spiro atoms. The molecule has 0 aliphatic carbocycles. The third-order valence-corrected chi connectivity index (χ3v) is 7.33. The van der Waals surface area contributed by atoms with Crippen molar-refractivity contribution < 1.29 is 18.0 Å². The molecule has 1 aromatic heterocycles. The van der Waals surface area contributed by atoms with Crippen LogP contribution >= 0.6 is 22.9 Å². The lowest BCUT2D eigenvalue weighted by molar-refractivity contribution is -0.127. The highest BCUT2D eigenvalue weighted by atomic mass is 35.5. The van der Waals surface area contributed by atoms with E-state index in [2.05, 4.69) is 10.6 Å². The van der Waals surface area contributed by atoms with E-state index in [1.165, 1.54) is 10.4 Å². The molecule has 8 nitrogen and oxygen atoms in total. The lowest BCUT2D eigenvalue weighted by Crippen LogP contribution is -2.51. The van der Waals surface area contributed by atoms with Crippen molar-refractivity contribution in [1.82, 2.24) is 19.8 Å². The monoisotopic (exact) mass is 422 g/mol. The first-order chi connectivity index (χ1) is 12.2. The third-order valence-electron chi connectivity index (χ3n) is 3.74. The van der Waals surface area contributed by atoms with Crippen LogP contribution in [0.4, 0.5) is 0 Å². The minimum Gasteiger partial charge on any atom is -0.352 e. The summed E-state index contributed by atoms with van der Waals surface area (Å²) in [5.41, 5.74) is 0. The Morgan fingerprint density at radius 1 is 1.19 bits per heavy atom. The lowest BCUT2D eigenvalue weighted by Gasteiger charge is -2.33. The zero-order chi connectivity index (χ0) is 19.3. The number of piperazine rings is 1. The molecule has 11 heteroatoms. The Kier molecular flexibility index (Phi) is 7.42. The van der Waals surface area contributed by atoms with Gasteiger partial charge in [0, 0.05) is 32.2 Å². The molecule has 0 aromatic carbocycles. The maximum atomic E-state index is 12.5. The van der Waals surface area contributed by atoms with Crippen molar-refractivity contribution in [1.29, 1.82) is 0 Å². The van der Waals surface area contributed by atoms with E-state index in [1.807, 2.05) is 18.7 Å². The van der Waals surface area contributed by atoms with Gasteiger partial charge in [-0.1, -0.05) is 11.6 Å². The largest absolute Gasteiger partial charge is 0.352 e. The van der Waals surface area contributed by atoms with Gasteiger partial charge in [0.25, 0.3) is 10.0 Å². The highest BCUT2D eigenvalue weighted by Crippen LogP contribution is 2.28. The van der Waals surface area contributed by atoms with Gasteiger partial charge < -0.3 is 10.6 Å². The van der Waals surface area contributed by atoms with Crippen LogP contribution in [0.3, 0.4) is 0 Å². The van der Waals surface area contributed by atoms with E-state index in [-0.39, 0.29) is 35.2 Å². The van der Waals surface area contributed by atoms with Crippen molar-refractivity contribution in [2.24, 2.45) is 0 Å². The fourth-order valence-corrected chi connectivity index (χ4v) is 5.56. The molecule has 2 heterocycles. The quantitative estimate of drug-likeness (QED) is 0.660. The van der Waals surface area contributed by atoms with Crippen LogP contribution in [0.1, 0.15) is 13.8 Å². The van der Waals surface area contributed by atoms with Crippen molar-refractivity contribution in [3.63, 3.8) is 0 Å². The molecule has 0 radical (unpaired) electrons. The van der Waals surface area contributed by atoms with Gasteiger partial charge in [-0.15, -0.1) is 11.3 Å². The molecule has 26 heavy (non-hydrogen) atoms. The highest BCUT2D eigenvalue weighted by Gasteiger charge is 2.30. The summed E-state index contributed by atoms with van der Waals surface area (Å²) in [6.45, 7) is 5.26. The molecular formula is C15H23ClN4O4S2. The summed E-state index contributed by atoms with van der Waals surface area (Å²) < 4.78 is 27.1. The van der Waals surface area contributed by atoms with Crippen LogP contribution in [-0.4, -0.2) is 74.7 Å². The number of thiophene rings is 1. The van der Waals surface area contributed by atoms with Crippen LogP contribution in [0.25, 0.3) is 0 Å².